The summed E-state index contributed by atoms with van der Waals surface area (Å²) < 4.78 is 5.19. The van der Waals surface area contributed by atoms with Gasteiger partial charge in [-0.2, -0.15) is 4.99 Å². The standard InChI is InChI=1S/C32H33N5O4S/c1-4-20-10-14-22(15-11-20)34-31(40)27(5-2)42-32-35-25-9-7-6-8-24(25)29-36-30(39)26(37(29)32)18-28(38)33-19-21-12-16-23(41-3)17-13-21/h6-17,26-27H,4-5,18-19H2,1-3H3,(H,33,38)(H,34,40). The molecule has 3 aromatic carbocycles. The molecule has 10 heteroatoms. The third kappa shape index (κ3) is 6.38. The van der Waals surface area contributed by atoms with Crippen LogP contribution >= 0.6 is 11.8 Å². The Bertz CT molecular complexity index is 1540. The van der Waals surface area contributed by atoms with Crippen LogP contribution in [0, 0.1) is 0 Å². The van der Waals surface area contributed by atoms with Crippen molar-refractivity contribution in [2.24, 2.45) is 9.98 Å². The number of ether oxygens (including phenoxy) is 1. The zero-order valence-corrected chi connectivity index (χ0v) is 24.6. The Morgan fingerprint density at radius 1 is 0.976 bits per heavy atom. The third-order valence-electron chi connectivity index (χ3n) is 7.18. The number of rotatable bonds is 10. The second-order valence-electron chi connectivity index (χ2n) is 9.95. The van der Waals surface area contributed by atoms with Crippen LogP contribution in [-0.2, 0) is 27.3 Å². The number of nitrogens with one attached hydrogen (secondary N) is 2. The summed E-state index contributed by atoms with van der Waals surface area (Å²) in [6, 6.07) is 21.8. The molecule has 0 fully saturated rings. The van der Waals surface area contributed by atoms with E-state index in [-0.39, 0.29) is 18.2 Å². The number of hydrogen-bond acceptors (Lipinski definition) is 7. The van der Waals surface area contributed by atoms with Crippen molar-refractivity contribution in [2.45, 2.75) is 50.9 Å². The average Bonchev–Trinajstić information content (AvgIpc) is 3.35. The van der Waals surface area contributed by atoms with E-state index in [1.54, 1.807) is 12.0 Å². The number of fused-ring (bicyclic) bond motifs is 3. The molecular weight excluding hydrogens is 550 g/mol. The van der Waals surface area contributed by atoms with Crippen molar-refractivity contribution in [3.8, 4) is 5.75 Å². The highest BCUT2D eigenvalue weighted by molar-refractivity contribution is 8.15. The van der Waals surface area contributed by atoms with E-state index in [0.717, 1.165) is 23.4 Å². The van der Waals surface area contributed by atoms with Crippen molar-refractivity contribution in [1.82, 2.24) is 10.2 Å². The summed E-state index contributed by atoms with van der Waals surface area (Å²) in [6.07, 6.45) is 1.35. The molecule has 2 aliphatic heterocycles. The number of methoxy groups -OCH3 is 1. The number of anilines is 1. The molecule has 2 N–H and O–H groups in total. The normalized spacial score (nSPS) is 16.1. The van der Waals surface area contributed by atoms with E-state index in [1.165, 1.54) is 17.3 Å². The summed E-state index contributed by atoms with van der Waals surface area (Å²) >= 11 is 1.27. The van der Waals surface area contributed by atoms with Gasteiger partial charge in [0, 0.05) is 17.8 Å². The molecule has 42 heavy (non-hydrogen) atoms. The predicted octanol–water partition coefficient (Wildman–Crippen LogP) is 5.07. The minimum absolute atomic E-state index is 0.101. The van der Waals surface area contributed by atoms with Gasteiger partial charge in [-0.25, -0.2) is 4.99 Å². The number of hydrogen-bond donors (Lipinski definition) is 2. The Hall–Kier alpha value is -4.44. The van der Waals surface area contributed by atoms with Gasteiger partial charge < -0.3 is 15.4 Å². The number of para-hydroxylation sites is 1. The number of carbonyl (C=O) groups is 3. The fourth-order valence-electron chi connectivity index (χ4n) is 4.77. The molecule has 0 saturated carbocycles. The predicted molar refractivity (Wildman–Crippen MR) is 166 cm³/mol. The molecule has 0 spiro atoms. The van der Waals surface area contributed by atoms with Gasteiger partial charge in [0.05, 0.1) is 24.5 Å². The second-order valence-corrected chi connectivity index (χ2v) is 11.1. The zero-order chi connectivity index (χ0) is 29.6. The maximum atomic E-state index is 13.3. The fourth-order valence-corrected chi connectivity index (χ4v) is 5.84. The highest BCUT2D eigenvalue weighted by Gasteiger charge is 2.43. The van der Waals surface area contributed by atoms with Gasteiger partial charge in [0.25, 0.3) is 5.91 Å². The summed E-state index contributed by atoms with van der Waals surface area (Å²) in [5.74, 6) is 0.319. The summed E-state index contributed by atoms with van der Waals surface area (Å²) in [5, 5.41) is 5.88. The fraction of sp³-hybridized carbons (Fsp3) is 0.281. The molecule has 0 bridgehead atoms. The van der Waals surface area contributed by atoms with Crippen LogP contribution in [0.2, 0.25) is 0 Å². The molecule has 216 valence electrons. The van der Waals surface area contributed by atoms with Crippen LogP contribution < -0.4 is 15.4 Å². The van der Waals surface area contributed by atoms with Crippen molar-refractivity contribution < 1.29 is 19.1 Å². The number of aliphatic imine (C=N–C) groups is 2. The molecular formula is C32H33N5O4S. The first-order valence-electron chi connectivity index (χ1n) is 14.0. The van der Waals surface area contributed by atoms with Gasteiger partial charge in [-0.1, -0.05) is 62.0 Å². The number of aryl methyl sites for hydroxylation is 1. The Morgan fingerprint density at radius 2 is 1.69 bits per heavy atom. The van der Waals surface area contributed by atoms with E-state index in [9.17, 15) is 14.4 Å². The topological polar surface area (TPSA) is 112 Å². The van der Waals surface area contributed by atoms with Gasteiger partial charge in [0.2, 0.25) is 11.8 Å². The molecule has 3 amide bonds. The van der Waals surface area contributed by atoms with Crippen LogP contribution in [0.4, 0.5) is 11.4 Å². The van der Waals surface area contributed by atoms with Crippen molar-refractivity contribution in [1.29, 1.82) is 0 Å². The van der Waals surface area contributed by atoms with Crippen LogP contribution in [0.1, 0.15) is 43.4 Å². The molecule has 9 nitrogen and oxygen atoms in total. The quantitative estimate of drug-likeness (QED) is 0.345. The molecule has 2 unspecified atom stereocenters. The minimum Gasteiger partial charge on any atom is -0.497 e. The minimum atomic E-state index is -0.863. The molecule has 2 atom stereocenters. The smallest absolute Gasteiger partial charge is 0.271 e. The number of nitrogens with zero attached hydrogens (tertiary/aromatic N) is 3. The van der Waals surface area contributed by atoms with Crippen LogP contribution in [0.3, 0.4) is 0 Å². The maximum Gasteiger partial charge on any atom is 0.271 e. The van der Waals surface area contributed by atoms with Gasteiger partial charge in [-0.15, -0.1) is 0 Å². The Labute approximate surface area is 249 Å². The van der Waals surface area contributed by atoms with E-state index in [2.05, 4.69) is 22.5 Å². The number of benzene rings is 3. The Kier molecular flexibility index (Phi) is 9.02. The first kappa shape index (κ1) is 29.1. The molecule has 0 aliphatic carbocycles. The van der Waals surface area contributed by atoms with E-state index in [1.807, 2.05) is 79.7 Å². The van der Waals surface area contributed by atoms with E-state index in [0.29, 0.717) is 35.2 Å². The summed E-state index contributed by atoms with van der Waals surface area (Å²) in [7, 11) is 1.60. The molecule has 0 aromatic heterocycles. The molecule has 5 rings (SSSR count). The Morgan fingerprint density at radius 3 is 2.38 bits per heavy atom. The number of amides is 3. The highest BCUT2D eigenvalue weighted by atomic mass is 32.2. The summed E-state index contributed by atoms with van der Waals surface area (Å²) in [6.45, 7) is 4.33. The largest absolute Gasteiger partial charge is 0.497 e. The molecule has 3 aromatic rings. The van der Waals surface area contributed by atoms with Crippen molar-refractivity contribution >= 4 is 51.9 Å². The zero-order valence-electron chi connectivity index (χ0n) is 23.8. The van der Waals surface area contributed by atoms with Crippen LogP contribution in [0.15, 0.2) is 82.8 Å². The van der Waals surface area contributed by atoms with Crippen molar-refractivity contribution in [3.05, 3.63) is 89.5 Å². The van der Waals surface area contributed by atoms with E-state index in [4.69, 9.17) is 9.73 Å². The third-order valence-corrected chi connectivity index (χ3v) is 8.51. The Balaban J connectivity index is 1.33. The van der Waals surface area contributed by atoms with Gasteiger partial charge in [0.1, 0.15) is 17.6 Å². The monoisotopic (exact) mass is 583 g/mol. The molecule has 0 saturated heterocycles. The number of amidine groups is 2. The second kappa shape index (κ2) is 13.0. The lowest BCUT2D eigenvalue weighted by atomic mass is 10.1. The highest BCUT2D eigenvalue weighted by Crippen LogP contribution is 2.36. The maximum absolute atomic E-state index is 13.3. The average molecular weight is 584 g/mol. The van der Waals surface area contributed by atoms with Gasteiger partial charge in [-0.05, 0) is 60.4 Å². The molecule has 2 heterocycles. The van der Waals surface area contributed by atoms with Gasteiger partial charge >= 0.3 is 0 Å². The van der Waals surface area contributed by atoms with Crippen LogP contribution in [0.5, 0.6) is 5.75 Å². The lowest BCUT2D eigenvalue weighted by Crippen LogP contribution is -2.46. The van der Waals surface area contributed by atoms with Crippen LogP contribution in [0.25, 0.3) is 0 Å². The number of carbonyl (C=O) groups excluding carboxylic acids is 3. The van der Waals surface area contributed by atoms with Gasteiger partial charge in [0.15, 0.2) is 5.17 Å². The van der Waals surface area contributed by atoms with Crippen molar-refractivity contribution in [3.63, 3.8) is 0 Å². The first-order valence-corrected chi connectivity index (χ1v) is 14.8. The SMILES string of the molecule is CCc1ccc(NC(=O)C(CC)SC2=Nc3ccccc3C3=NC(=O)C(CC(=O)NCc4ccc(OC)cc4)N23)cc1. The molecule has 0 radical (unpaired) electrons. The first-order chi connectivity index (χ1) is 20.4. The summed E-state index contributed by atoms with van der Waals surface area (Å²) in [4.78, 5) is 50.4. The van der Waals surface area contributed by atoms with E-state index >= 15 is 0 Å². The van der Waals surface area contributed by atoms with E-state index < -0.39 is 17.2 Å². The van der Waals surface area contributed by atoms with Gasteiger partial charge in [-0.3, -0.25) is 19.3 Å². The van der Waals surface area contributed by atoms with Crippen LogP contribution in [-0.4, -0.2) is 52.0 Å². The summed E-state index contributed by atoms with van der Waals surface area (Å²) in [5.41, 5.74) is 4.19. The molecule has 2 aliphatic rings. The number of thioether (sulfide) groups is 1. The van der Waals surface area contributed by atoms with Crippen molar-refractivity contribution in [2.75, 3.05) is 12.4 Å². The lowest BCUT2D eigenvalue weighted by Gasteiger charge is -2.32. The lowest BCUT2D eigenvalue weighted by molar-refractivity contribution is -0.126.